The van der Waals surface area contributed by atoms with Crippen LogP contribution in [0.1, 0.15) is 40.2 Å². The van der Waals surface area contributed by atoms with Crippen LogP contribution in [0.15, 0.2) is 24.3 Å². The van der Waals surface area contributed by atoms with Gasteiger partial charge in [-0.05, 0) is 44.4 Å². The Kier molecular flexibility index (Phi) is 9.29. The van der Waals surface area contributed by atoms with Gasteiger partial charge in [-0.25, -0.2) is 4.79 Å². The number of alkyl carbamates (subject to hydrolysis) is 1. The Morgan fingerprint density at radius 1 is 1.00 bits per heavy atom. The summed E-state index contributed by atoms with van der Waals surface area (Å²) in [6.07, 6.45) is -0.721. The molecule has 0 saturated carbocycles. The minimum Gasteiger partial charge on any atom is -0.508 e. The van der Waals surface area contributed by atoms with E-state index in [0.29, 0.717) is 5.56 Å². The Morgan fingerprint density at radius 3 is 2.06 bits per heavy atom. The Hall–Kier alpha value is -3.30. The van der Waals surface area contributed by atoms with E-state index in [0.717, 1.165) is 0 Å². The van der Waals surface area contributed by atoms with Gasteiger partial charge in [-0.1, -0.05) is 26.0 Å². The number of benzene rings is 1. The molecule has 3 amide bonds. The van der Waals surface area contributed by atoms with Crippen LogP contribution in [0.3, 0.4) is 0 Å². The van der Waals surface area contributed by atoms with Gasteiger partial charge in [-0.3, -0.25) is 14.4 Å². The maximum atomic E-state index is 12.9. The van der Waals surface area contributed by atoms with Crippen LogP contribution >= 0.6 is 0 Å². The molecule has 0 spiro atoms. The Morgan fingerprint density at radius 2 is 1.58 bits per heavy atom. The minimum absolute atomic E-state index is 0.0427. The van der Waals surface area contributed by atoms with Crippen molar-refractivity contribution in [3.63, 3.8) is 0 Å². The lowest BCUT2D eigenvalue weighted by molar-refractivity contribution is -0.138. The number of carboxylic acid groups (broad SMARTS) is 1. The Labute approximate surface area is 181 Å². The summed E-state index contributed by atoms with van der Waals surface area (Å²) in [7, 11) is 0. The number of carboxylic acids is 1. The fraction of sp³-hybridized carbons (Fsp3) is 0.524. The number of carbonyl (C=O) groups is 4. The van der Waals surface area contributed by atoms with E-state index >= 15 is 0 Å². The second-order valence-corrected chi connectivity index (χ2v) is 8.41. The van der Waals surface area contributed by atoms with Crippen molar-refractivity contribution in [2.75, 3.05) is 6.54 Å². The van der Waals surface area contributed by atoms with Crippen LogP contribution in [-0.2, 0) is 25.5 Å². The molecule has 0 saturated heterocycles. The van der Waals surface area contributed by atoms with Crippen molar-refractivity contribution in [3.8, 4) is 5.75 Å². The van der Waals surface area contributed by atoms with Gasteiger partial charge in [0.1, 0.15) is 30.0 Å². The van der Waals surface area contributed by atoms with E-state index < -0.39 is 48.1 Å². The zero-order valence-electron chi connectivity index (χ0n) is 18.4. The molecule has 10 nitrogen and oxygen atoms in total. The zero-order valence-corrected chi connectivity index (χ0v) is 18.4. The molecule has 0 aliphatic carbocycles. The summed E-state index contributed by atoms with van der Waals surface area (Å²) in [5, 5.41) is 25.6. The molecule has 0 fully saturated rings. The van der Waals surface area contributed by atoms with E-state index in [9.17, 15) is 24.3 Å². The molecule has 10 heteroatoms. The van der Waals surface area contributed by atoms with Crippen LogP contribution in [0, 0.1) is 5.92 Å². The molecule has 1 aromatic carbocycles. The van der Waals surface area contributed by atoms with Gasteiger partial charge in [0.2, 0.25) is 11.8 Å². The predicted octanol–water partition coefficient (Wildman–Crippen LogP) is 1.17. The molecular formula is C21H31N3O7. The van der Waals surface area contributed by atoms with Crippen LogP contribution < -0.4 is 16.0 Å². The first kappa shape index (κ1) is 25.7. The van der Waals surface area contributed by atoms with Crippen LogP contribution in [0.2, 0.25) is 0 Å². The fourth-order valence-corrected chi connectivity index (χ4v) is 2.59. The van der Waals surface area contributed by atoms with Gasteiger partial charge in [0.05, 0.1) is 0 Å². The van der Waals surface area contributed by atoms with E-state index in [2.05, 4.69) is 16.0 Å². The molecule has 1 rings (SSSR count). The molecule has 0 aliphatic rings. The summed E-state index contributed by atoms with van der Waals surface area (Å²) >= 11 is 0. The molecule has 2 atom stereocenters. The number of phenols is 1. The zero-order chi connectivity index (χ0) is 23.8. The summed E-state index contributed by atoms with van der Waals surface area (Å²) in [5.74, 6) is -2.81. The molecular weight excluding hydrogens is 406 g/mol. The average molecular weight is 437 g/mol. The van der Waals surface area contributed by atoms with Crippen LogP contribution in [-0.4, -0.2) is 58.3 Å². The summed E-state index contributed by atoms with van der Waals surface area (Å²) in [4.78, 5) is 48.3. The Balaban J connectivity index is 2.97. The average Bonchev–Trinajstić information content (AvgIpc) is 2.63. The molecule has 0 radical (unpaired) electrons. The van der Waals surface area contributed by atoms with Crippen molar-refractivity contribution in [2.45, 2.75) is 58.7 Å². The number of hydrogen-bond acceptors (Lipinski definition) is 6. The molecule has 1 aromatic rings. The fourth-order valence-electron chi connectivity index (χ4n) is 2.59. The molecule has 31 heavy (non-hydrogen) atoms. The van der Waals surface area contributed by atoms with Gasteiger partial charge >= 0.3 is 12.1 Å². The molecule has 0 heterocycles. The first-order chi connectivity index (χ1) is 14.3. The number of carbonyl (C=O) groups excluding carboxylic acids is 3. The van der Waals surface area contributed by atoms with Gasteiger partial charge in [-0.2, -0.15) is 0 Å². The van der Waals surface area contributed by atoms with E-state index in [1.165, 1.54) is 12.1 Å². The van der Waals surface area contributed by atoms with Gasteiger partial charge < -0.3 is 30.9 Å². The number of amides is 3. The highest BCUT2D eigenvalue weighted by Crippen LogP contribution is 2.13. The summed E-state index contributed by atoms with van der Waals surface area (Å²) in [6, 6.07) is 3.95. The minimum atomic E-state index is -1.23. The monoisotopic (exact) mass is 437 g/mol. The lowest BCUT2D eigenvalue weighted by Crippen LogP contribution is -2.56. The molecule has 0 aliphatic heterocycles. The second kappa shape index (κ2) is 11.2. The number of rotatable bonds is 9. The van der Waals surface area contributed by atoms with Crippen molar-refractivity contribution < 1.29 is 34.1 Å². The molecule has 0 unspecified atom stereocenters. The topological polar surface area (TPSA) is 154 Å². The van der Waals surface area contributed by atoms with Crippen molar-refractivity contribution in [1.82, 2.24) is 16.0 Å². The van der Waals surface area contributed by atoms with Gasteiger partial charge in [0.25, 0.3) is 0 Å². The summed E-state index contributed by atoms with van der Waals surface area (Å²) in [6.45, 7) is 7.92. The Bertz CT molecular complexity index is 785. The predicted molar refractivity (Wildman–Crippen MR) is 112 cm³/mol. The van der Waals surface area contributed by atoms with E-state index in [-0.39, 0.29) is 18.1 Å². The quantitative estimate of drug-likeness (QED) is 0.388. The van der Waals surface area contributed by atoms with Crippen molar-refractivity contribution in [2.24, 2.45) is 5.92 Å². The summed E-state index contributed by atoms with van der Waals surface area (Å²) < 4.78 is 5.19. The number of phenolic OH excluding ortho intramolecular Hbond substituents is 1. The SMILES string of the molecule is CC(C)[C@H](NC(=O)OC(C)(C)C)C(=O)N[C@@H](Cc1ccc(O)cc1)C(=O)NCC(=O)O. The lowest BCUT2D eigenvalue weighted by Gasteiger charge is -2.27. The highest BCUT2D eigenvalue weighted by atomic mass is 16.6. The third-order valence-corrected chi connectivity index (χ3v) is 4.04. The standard InChI is InChI=1S/C21H31N3O7/c1-12(2)17(24-20(30)31-21(3,4)5)19(29)23-15(18(28)22-11-16(26)27)10-13-6-8-14(25)9-7-13/h6-9,12,15,17,25H,10-11H2,1-5H3,(H,22,28)(H,23,29)(H,24,30)(H,26,27)/t15-,17-/m0/s1. The number of hydrogen-bond donors (Lipinski definition) is 5. The van der Waals surface area contributed by atoms with Crippen molar-refractivity contribution >= 4 is 23.9 Å². The maximum absolute atomic E-state index is 12.9. The van der Waals surface area contributed by atoms with Crippen LogP contribution in [0.5, 0.6) is 5.75 Å². The van der Waals surface area contributed by atoms with Gasteiger partial charge in [-0.15, -0.1) is 0 Å². The lowest BCUT2D eigenvalue weighted by atomic mass is 10.0. The molecule has 0 bridgehead atoms. The second-order valence-electron chi connectivity index (χ2n) is 8.41. The van der Waals surface area contributed by atoms with Crippen molar-refractivity contribution in [3.05, 3.63) is 29.8 Å². The first-order valence-electron chi connectivity index (χ1n) is 9.85. The number of ether oxygens (including phenoxy) is 1. The highest BCUT2D eigenvalue weighted by Gasteiger charge is 2.30. The normalized spacial score (nSPS) is 13.1. The van der Waals surface area contributed by atoms with Crippen LogP contribution in [0.25, 0.3) is 0 Å². The van der Waals surface area contributed by atoms with E-state index in [4.69, 9.17) is 9.84 Å². The van der Waals surface area contributed by atoms with Gasteiger partial charge in [0.15, 0.2) is 0 Å². The number of nitrogens with one attached hydrogen (secondary N) is 3. The maximum Gasteiger partial charge on any atom is 0.408 e. The van der Waals surface area contributed by atoms with Crippen molar-refractivity contribution in [1.29, 1.82) is 0 Å². The first-order valence-corrected chi connectivity index (χ1v) is 9.85. The molecule has 0 aromatic heterocycles. The third kappa shape index (κ3) is 9.83. The largest absolute Gasteiger partial charge is 0.508 e. The van der Waals surface area contributed by atoms with E-state index in [1.807, 2.05) is 0 Å². The summed E-state index contributed by atoms with van der Waals surface area (Å²) in [5.41, 5.74) is -0.116. The van der Waals surface area contributed by atoms with Crippen LogP contribution in [0.4, 0.5) is 4.79 Å². The van der Waals surface area contributed by atoms with Gasteiger partial charge in [0, 0.05) is 6.42 Å². The molecule has 5 N–H and O–H groups in total. The number of aliphatic carboxylic acids is 1. The molecule has 172 valence electrons. The number of aromatic hydroxyl groups is 1. The highest BCUT2D eigenvalue weighted by molar-refractivity contribution is 5.92. The van der Waals surface area contributed by atoms with E-state index in [1.54, 1.807) is 46.8 Å². The smallest absolute Gasteiger partial charge is 0.408 e. The third-order valence-electron chi connectivity index (χ3n) is 4.04.